The van der Waals surface area contributed by atoms with Gasteiger partial charge in [0.25, 0.3) is 0 Å². The summed E-state index contributed by atoms with van der Waals surface area (Å²) in [5.74, 6) is -1.65. The van der Waals surface area contributed by atoms with Gasteiger partial charge in [-0.25, -0.2) is 9.59 Å². The Balaban J connectivity index is 3.10. The van der Waals surface area contributed by atoms with Crippen LogP contribution in [0.15, 0.2) is 24.3 Å². The third-order valence-corrected chi connectivity index (χ3v) is 4.89. The van der Waals surface area contributed by atoms with Crippen molar-refractivity contribution in [3.8, 4) is 0 Å². The van der Waals surface area contributed by atoms with Gasteiger partial charge in [-0.15, -0.1) is 0 Å². The minimum absolute atomic E-state index is 0.00621. The molecule has 10 heteroatoms. The Labute approximate surface area is 192 Å². The predicted octanol–water partition coefficient (Wildman–Crippen LogP) is 4.98. The van der Waals surface area contributed by atoms with Crippen molar-refractivity contribution in [2.75, 3.05) is 11.9 Å². The van der Waals surface area contributed by atoms with E-state index in [1.54, 1.807) is 20.8 Å². The van der Waals surface area contributed by atoms with E-state index in [0.717, 1.165) is 24.3 Å². The molecule has 0 saturated carbocycles. The van der Waals surface area contributed by atoms with E-state index in [2.05, 4.69) is 10.6 Å². The van der Waals surface area contributed by atoms with Crippen molar-refractivity contribution in [1.82, 2.24) is 10.2 Å². The molecular formula is C23H34F3N3O4. The summed E-state index contributed by atoms with van der Waals surface area (Å²) in [6, 6.07) is 1.05. The summed E-state index contributed by atoms with van der Waals surface area (Å²) in [6.45, 7) is 10.9. The normalized spacial score (nSPS) is 13.9. The van der Waals surface area contributed by atoms with Crippen molar-refractivity contribution in [3.63, 3.8) is 0 Å². The fourth-order valence-electron chi connectivity index (χ4n) is 3.54. The van der Waals surface area contributed by atoms with E-state index < -0.39 is 47.1 Å². The van der Waals surface area contributed by atoms with Crippen LogP contribution in [0.2, 0.25) is 0 Å². The number of benzene rings is 1. The lowest BCUT2D eigenvalue weighted by Crippen LogP contribution is -2.58. The summed E-state index contributed by atoms with van der Waals surface area (Å²) in [4.78, 5) is 39.2. The Kier molecular flexibility index (Phi) is 9.74. The summed E-state index contributed by atoms with van der Waals surface area (Å²) in [7, 11) is 0. The molecule has 0 bridgehead atoms. The molecule has 1 aromatic carbocycles. The van der Waals surface area contributed by atoms with Crippen LogP contribution in [0.25, 0.3) is 0 Å². The first-order chi connectivity index (χ1) is 15.1. The predicted molar refractivity (Wildman–Crippen MR) is 120 cm³/mol. The molecule has 0 aromatic heterocycles. The lowest BCUT2D eigenvalue weighted by atomic mass is 9.85. The molecule has 33 heavy (non-hydrogen) atoms. The minimum atomic E-state index is -4.49. The number of aliphatic carboxylic acids is 1. The number of rotatable bonds is 9. The summed E-state index contributed by atoms with van der Waals surface area (Å²) >= 11 is 0. The number of hydrogen-bond acceptors (Lipinski definition) is 3. The highest BCUT2D eigenvalue weighted by Crippen LogP contribution is 2.30. The third kappa shape index (κ3) is 8.58. The van der Waals surface area contributed by atoms with Gasteiger partial charge in [-0.1, -0.05) is 41.5 Å². The summed E-state index contributed by atoms with van der Waals surface area (Å²) in [5, 5.41) is 14.8. The van der Waals surface area contributed by atoms with Gasteiger partial charge in [0.1, 0.15) is 12.1 Å². The molecule has 2 atom stereocenters. The molecule has 0 aliphatic rings. The molecule has 1 rings (SSSR count). The Morgan fingerprint density at radius 2 is 1.61 bits per heavy atom. The second-order valence-corrected chi connectivity index (χ2v) is 9.49. The average molecular weight is 474 g/mol. The van der Waals surface area contributed by atoms with E-state index in [1.807, 2.05) is 20.8 Å². The van der Waals surface area contributed by atoms with Crippen LogP contribution in [-0.4, -0.2) is 46.5 Å². The van der Waals surface area contributed by atoms with E-state index in [9.17, 15) is 32.7 Å². The molecule has 0 fully saturated rings. The number of alkyl halides is 3. The van der Waals surface area contributed by atoms with Gasteiger partial charge < -0.3 is 20.6 Å². The quantitative estimate of drug-likeness (QED) is 0.471. The van der Waals surface area contributed by atoms with Crippen LogP contribution in [-0.2, 0) is 15.8 Å². The average Bonchev–Trinajstić information content (AvgIpc) is 2.64. The monoisotopic (exact) mass is 473 g/mol. The van der Waals surface area contributed by atoms with Crippen LogP contribution >= 0.6 is 0 Å². The number of hydrogen-bond donors (Lipinski definition) is 3. The molecule has 0 aliphatic heterocycles. The number of halogens is 3. The zero-order valence-electron chi connectivity index (χ0n) is 19.9. The number of nitrogens with zero attached hydrogens (tertiary/aromatic N) is 1. The van der Waals surface area contributed by atoms with Crippen LogP contribution < -0.4 is 10.6 Å². The molecule has 1 aromatic rings. The zero-order valence-corrected chi connectivity index (χ0v) is 19.9. The van der Waals surface area contributed by atoms with Gasteiger partial charge in [0, 0.05) is 12.2 Å². The topological polar surface area (TPSA) is 98.7 Å². The number of urea groups is 1. The number of carboxylic acid groups (broad SMARTS) is 1. The number of nitrogens with one attached hydrogen (secondary N) is 2. The molecule has 1 unspecified atom stereocenters. The van der Waals surface area contributed by atoms with Gasteiger partial charge in [0.15, 0.2) is 0 Å². The van der Waals surface area contributed by atoms with E-state index in [1.165, 1.54) is 4.90 Å². The second-order valence-electron chi connectivity index (χ2n) is 9.49. The van der Waals surface area contributed by atoms with Gasteiger partial charge >= 0.3 is 18.2 Å². The first kappa shape index (κ1) is 28.3. The zero-order chi connectivity index (χ0) is 25.6. The molecule has 3 amide bonds. The Bertz CT molecular complexity index is 818. The van der Waals surface area contributed by atoms with E-state index in [4.69, 9.17) is 0 Å². The fraction of sp³-hybridized carbons (Fsp3) is 0.609. The first-order valence-electron chi connectivity index (χ1n) is 10.9. The van der Waals surface area contributed by atoms with Crippen LogP contribution in [0.5, 0.6) is 0 Å². The van der Waals surface area contributed by atoms with Crippen LogP contribution in [0.3, 0.4) is 0 Å². The minimum Gasteiger partial charge on any atom is -0.480 e. The van der Waals surface area contributed by atoms with Crippen LogP contribution in [0.1, 0.15) is 59.9 Å². The van der Waals surface area contributed by atoms with Gasteiger partial charge in [-0.3, -0.25) is 4.79 Å². The summed E-state index contributed by atoms with van der Waals surface area (Å²) < 4.78 is 38.2. The van der Waals surface area contributed by atoms with Crippen LogP contribution in [0, 0.1) is 11.3 Å². The molecule has 0 aliphatic carbocycles. The SMILES string of the molecule is CCCN(C(=O)[C@H](CC(C)C)NC(=O)Nc1ccc(C(F)(F)F)cc1)C(C(=O)O)C(C)(C)C. The van der Waals surface area contributed by atoms with E-state index in [0.29, 0.717) is 6.42 Å². The maximum absolute atomic E-state index is 13.4. The maximum atomic E-state index is 13.4. The lowest BCUT2D eigenvalue weighted by Gasteiger charge is -2.39. The highest BCUT2D eigenvalue weighted by atomic mass is 19.4. The summed E-state index contributed by atoms with van der Waals surface area (Å²) in [5.41, 5.74) is -1.47. The van der Waals surface area contributed by atoms with Crippen molar-refractivity contribution in [2.24, 2.45) is 11.3 Å². The Morgan fingerprint density at radius 3 is 2.00 bits per heavy atom. The van der Waals surface area contributed by atoms with Gasteiger partial charge in [0.05, 0.1) is 5.56 Å². The molecule has 7 nitrogen and oxygen atoms in total. The van der Waals surface area contributed by atoms with Crippen molar-refractivity contribution in [3.05, 3.63) is 29.8 Å². The van der Waals surface area contributed by atoms with Crippen molar-refractivity contribution in [2.45, 2.75) is 72.6 Å². The number of carboxylic acids is 1. The van der Waals surface area contributed by atoms with Gasteiger partial charge in [0.2, 0.25) is 5.91 Å². The molecule has 186 valence electrons. The van der Waals surface area contributed by atoms with E-state index in [-0.39, 0.29) is 24.6 Å². The van der Waals surface area contributed by atoms with Crippen molar-refractivity contribution >= 4 is 23.6 Å². The Morgan fingerprint density at radius 1 is 1.06 bits per heavy atom. The number of amides is 3. The van der Waals surface area contributed by atoms with E-state index >= 15 is 0 Å². The lowest BCUT2D eigenvalue weighted by molar-refractivity contribution is -0.156. The maximum Gasteiger partial charge on any atom is 0.416 e. The molecule has 0 radical (unpaired) electrons. The largest absolute Gasteiger partial charge is 0.480 e. The van der Waals surface area contributed by atoms with Crippen molar-refractivity contribution < 1.29 is 32.7 Å². The number of anilines is 1. The second kappa shape index (κ2) is 11.4. The fourth-order valence-corrected chi connectivity index (χ4v) is 3.54. The molecule has 3 N–H and O–H groups in total. The van der Waals surface area contributed by atoms with Crippen molar-refractivity contribution in [1.29, 1.82) is 0 Å². The molecular weight excluding hydrogens is 439 g/mol. The highest BCUT2D eigenvalue weighted by Gasteiger charge is 2.41. The third-order valence-electron chi connectivity index (χ3n) is 4.89. The smallest absolute Gasteiger partial charge is 0.416 e. The number of carbonyl (C=O) groups excluding carboxylic acids is 2. The van der Waals surface area contributed by atoms with Crippen LogP contribution in [0.4, 0.5) is 23.7 Å². The summed E-state index contributed by atoms with van der Waals surface area (Å²) in [6.07, 6.45) is -3.71. The Hall–Kier alpha value is -2.78. The molecule has 0 heterocycles. The van der Waals surface area contributed by atoms with Gasteiger partial charge in [-0.2, -0.15) is 13.2 Å². The highest BCUT2D eigenvalue weighted by molar-refractivity contribution is 5.95. The van der Waals surface area contributed by atoms with Gasteiger partial charge in [-0.05, 0) is 48.4 Å². The molecule has 0 spiro atoms. The standard InChI is InChI=1S/C23H34F3N3O4/c1-7-12-29(18(20(31)32)22(4,5)6)19(30)17(13-14(2)3)28-21(33)27-16-10-8-15(9-11-16)23(24,25)26/h8-11,14,17-18H,7,12-13H2,1-6H3,(H,31,32)(H2,27,28,33)/t17-,18?/m0/s1. The molecule has 0 saturated heterocycles. The number of carbonyl (C=O) groups is 3. The first-order valence-corrected chi connectivity index (χ1v) is 10.9.